The van der Waals surface area contributed by atoms with Gasteiger partial charge in [0.15, 0.2) is 0 Å². The first kappa shape index (κ1) is 29.6. The van der Waals surface area contributed by atoms with Gasteiger partial charge in [-0.3, -0.25) is 9.59 Å². The zero-order valence-electron chi connectivity index (χ0n) is 23.7. The Bertz CT molecular complexity index is 1450. The summed E-state index contributed by atoms with van der Waals surface area (Å²) in [6.45, 7) is 0.201. The summed E-state index contributed by atoms with van der Waals surface area (Å²) in [5.74, 6) is -2.53. The van der Waals surface area contributed by atoms with Crippen molar-refractivity contribution in [3.63, 3.8) is 0 Å². The van der Waals surface area contributed by atoms with E-state index >= 15 is 0 Å². The van der Waals surface area contributed by atoms with Crippen molar-refractivity contribution in [3.05, 3.63) is 70.6 Å². The van der Waals surface area contributed by atoms with Crippen molar-refractivity contribution in [2.45, 2.75) is 63.0 Å². The summed E-state index contributed by atoms with van der Waals surface area (Å²) < 4.78 is 65.1. The highest BCUT2D eigenvalue weighted by atomic mass is 19.4. The molecule has 4 atom stereocenters. The molecular formula is C32H34F4N2O5. The van der Waals surface area contributed by atoms with Gasteiger partial charge in [-0.1, -0.05) is 17.7 Å². The Kier molecular flexibility index (Phi) is 7.75. The maximum Gasteiger partial charge on any atom is 0.419 e. The van der Waals surface area contributed by atoms with E-state index < -0.39 is 46.9 Å². The number of halogens is 4. The molecule has 0 heterocycles. The Balaban J connectivity index is 1.23. The highest BCUT2D eigenvalue weighted by molar-refractivity contribution is 5.99. The summed E-state index contributed by atoms with van der Waals surface area (Å²) in [4.78, 5) is 27.3. The maximum absolute atomic E-state index is 13.9. The molecule has 0 aromatic heterocycles. The molecule has 3 N–H and O–H groups in total. The number of hydrogen-bond donors (Lipinski definition) is 3. The third-order valence-corrected chi connectivity index (χ3v) is 9.24. The number of aliphatic hydroxyl groups excluding tert-OH is 1. The second-order valence-corrected chi connectivity index (χ2v) is 12.2. The quantitative estimate of drug-likeness (QED) is 0.242. The normalized spacial score (nSPS) is 26.4. The number of rotatable bonds is 10. The summed E-state index contributed by atoms with van der Waals surface area (Å²) in [5, 5.41) is 15.1. The van der Waals surface area contributed by atoms with Crippen LogP contribution in [0.4, 0.5) is 23.2 Å². The molecular weight excluding hydrogens is 568 g/mol. The fourth-order valence-corrected chi connectivity index (χ4v) is 6.57. The SMILES string of the molecule is COc1cc(COC2(CO)CC2)ccc1C(=O)N[C@H]1[C@@H](C(=O)Nc2ccc(F)c(C(F)(F)F)c2)[C@H]2CC[C@@H]1/C2=C\C1CC1. The predicted octanol–water partition coefficient (Wildman–Crippen LogP) is 5.62. The van der Waals surface area contributed by atoms with E-state index in [2.05, 4.69) is 16.7 Å². The van der Waals surface area contributed by atoms with Crippen LogP contribution in [0.1, 0.15) is 60.0 Å². The minimum absolute atomic E-state index is 0.0508. The van der Waals surface area contributed by atoms with Gasteiger partial charge >= 0.3 is 6.18 Å². The van der Waals surface area contributed by atoms with Crippen molar-refractivity contribution in [3.8, 4) is 5.75 Å². The lowest BCUT2D eigenvalue weighted by atomic mass is 9.83. The lowest BCUT2D eigenvalue weighted by Gasteiger charge is -2.30. The highest BCUT2D eigenvalue weighted by Gasteiger charge is 2.55. The topological polar surface area (TPSA) is 96.9 Å². The Hall–Kier alpha value is -3.44. The number of carbonyl (C=O) groups is 2. The number of ether oxygens (including phenoxy) is 2. The highest BCUT2D eigenvalue weighted by Crippen LogP contribution is 2.54. The number of benzene rings is 2. The van der Waals surface area contributed by atoms with Gasteiger partial charge in [0.25, 0.3) is 5.91 Å². The van der Waals surface area contributed by atoms with Crippen LogP contribution in [0.5, 0.6) is 5.75 Å². The number of amides is 2. The van der Waals surface area contributed by atoms with Gasteiger partial charge in [-0.25, -0.2) is 4.39 Å². The monoisotopic (exact) mass is 602 g/mol. The van der Waals surface area contributed by atoms with Crippen LogP contribution >= 0.6 is 0 Å². The molecule has 6 rings (SSSR count). The first-order chi connectivity index (χ1) is 20.5. The van der Waals surface area contributed by atoms with Crippen molar-refractivity contribution >= 4 is 17.5 Å². The summed E-state index contributed by atoms with van der Waals surface area (Å²) >= 11 is 0. The van der Waals surface area contributed by atoms with Crippen molar-refractivity contribution in [2.75, 3.05) is 19.0 Å². The van der Waals surface area contributed by atoms with E-state index in [9.17, 15) is 32.3 Å². The van der Waals surface area contributed by atoms with Crippen LogP contribution in [0, 0.1) is 29.5 Å². The van der Waals surface area contributed by atoms with E-state index in [0.717, 1.165) is 55.7 Å². The molecule has 0 unspecified atom stereocenters. The molecule has 11 heteroatoms. The lowest BCUT2D eigenvalue weighted by Crippen LogP contribution is -2.48. The standard InChI is InChI=1S/C32H34F4N2O5/c1-42-26-13-18(15-43-31(16-39)10-11-31)4-6-22(26)29(40)38-28-21-8-7-20(23(21)12-17-2-3-17)27(28)30(41)37-19-5-9-25(33)24(14-19)32(34,35)36/h4-6,9,12-14,17,20-21,27-28,39H,2-3,7-8,10-11,15-16H2,1H3,(H,37,41)(H,38,40)/b23-12-/t20-,21+,27-,28+/m0/s1. The van der Waals surface area contributed by atoms with Gasteiger partial charge in [0.1, 0.15) is 11.6 Å². The Morgan fingerprint density at radius 2 is 1.81 bits per heavy atom. The minimum Gasteiger partial charge on any atom is -0.496 e. The smallest absolute Gasteiger partial charge is 0.419 e. The van der Waals surface area contributed by atoms with Crippen molar-refractivity contribution < 1.29 is 41.7 Å². The van der Waals surface area contributed by atoms with E-state index in [1.807, 2.05) is 0 Å². The van der Waals surface area contributed by atoms with E-state index in [4.69, 9.17) is 9.47 Å². The fourth-order valence-electron chi connectivity index (χ4n) is 6.57. The zero-order chi connectivity index (χ0) is 30.5. The van der Waals surface area contributed by atoms with Gasteiger partial charge in [-0.05, 0) is 86.3 Å². The average molecular weight is 603 g/mol. The fraction of sp³-hybridized carbons (Fsp3) is 0.500. The summed E-state index contributed by atoms with van der Waals surface area (Å²) in [5.41, 5.74) is 0.0690. The van der Waals surface area contributed by atoms with Crippen LogP contribution in [0.15, 0.2) is 48.0 Å². The molecule has 4 aliphatic carbocycles. The van der Waals surface area contributed by atoms with Gasteiger partial charge in [0, 0.05) is 17.6 Å². The minimum atomic E-state index is -4.91. The molecule has 230 valence electrons. The van der Waals surface area contributed by atoms with Crippen molar-refractivity contribution in [1.29, 1.82) is 0 Å². The third kappa shape index (κ3) is 6.02. The molecule has 2 aromatic carbocycles. The van der Waals surface area contributed by atoms with E-state index in [1.165, 1.54) is 7.11 Å². The molecule has 4 saturated carbocycles. The molecule has 2 amide bonds. The first-order valence-electron chi connectivity index (χ1n) is 14.6. The largest absolute Gasteiger partial charge is 0.496 e. The zero-order valence-corrected chi connectivity index (χ0v) is 23.7. The summed E-state index contributed by atoms with van der Waals surface area (Å²) in [7, 11) is 1.45. The summed E-state index contributed by atoms with van der Waals surface area (Å²) in [6, 6.07) is 6.89. The van der Waals surface area contributed by atoms with Crippen LogP contribution in [-0.2, 0) is 22.3 Å². The number of nitrogens with one attached hydrogen (secondary N) is 2. The van der Waals surface area contributed by atoms with Gasteiger partial charge in [0.05, 0.1) is 43.0 Å². The van der Waals surface area contributed by atoms with Crippen molar-refractivity contribution in [2.24, 2.45) is 23.7 Å². The number of hydrogen-bond acceptors (Lipinski definition) is 5. The maximum atomic E-state index is 13.9. The Morgan fingerprint density at radius 1 is 1.07 bits per heavy atom. The molecule has 0 spiro atoms. The van der Waals surface area contributed by atoms with Gasteiger partial charge in [-0.15, -0.1) is 0 Å². The number of allylic oxidation sites excluding steroid dienone is 1. The molecule has 2 aromatic rings. The summed E-state index contributed by atoms with van der Waals surface area (Å²) in [6.07, 6.45) is 2.54. The molecule has 2 bridgehead atoms. The molecule has 4 aliphatic rings. The van der Waals surface area contributed by atoms with Crippen LogP contribution in [0.25, 0.3) is 0 Å². The number of carbonyl (C=O) groups excluding carboxylic acids is 2. The molecule has 0 aliphatic heterocycles. The van der Waals surface area contributed by atoms with Crippen LogP contribution in [0.3, 0.4) is 0 Å². The van der Waals surface area contributed by atoms with Crippen molar-refractivity contribution in [1.82, 2.24) is 5.32 Å². The van der Waals surface area contributed by atoms with E-state index in [-0.39, 0.29) is 36.3 Å². The first-order valence-corrected chi connectivity index (χ1v) is 14.6. The number of aliphatic hydroxyl groups is 1. The predicted molar refractivity (Wildman–Crippen MR) is 149 cm³/mol. The number of fused-ring (bicyclic) bond motifs is 2. The second kappa shape index (κ2) is 11.2. The molecule has 0 saturated heterocycles. The van der Waals surface area contributed by atoms with Gasteiger partial charge in [-0.2, -0.15) is 13.2 Å². The Labute approximate surface area is 246 Å². The third-order valence-electron chi connectivity index (χ3n) is 9.24. The molecule has 4 fully saturated rings. The molecule has 7 nitrogen and oxygen atoms in total. The van der Waals surface area contributed by atoms with Crippen LogP contribution in [-0.4, -0.2) is 42.3 Å². The lowest BCUT2D eigenvalue weighted by molar-refractivity contribution is -0.140. The van der Waals surface area contributed by atoms with Crippen LogP contribution in [0.2, 0.25) is 0 Å². The second-order valence-electron chi connectivity index (χ2n) is 12.2. The average Bonchev–Trinajstić information content (AvgIpc) is 3.90. The van der Waals surface area contributed by atoms with E-state index in [1.54, 1.807) is 18.2 Å². The number of anilines is 1. The van der Waals surface area contributed by atoms with Crippen LogP contribution < -0.4 is 15.4 Å². The molecule has 43 heavy (non-hydrogen) atoms. The van der Waals surface area contributed by atoms with Gasteiger partial charge < -0.3 is 25.2 Å². The number of methoxy groups -OCH3 is 1. The van der Waals surface area contributed by atoms with E-state index in [0.29, 0.717) is 23.8 Å². The number of alkyl halides is 3. The Morgan fingerprint density at radius 3 is 2.47 bits per heavy atom. The van der Waals surface area contributed by atoms with Gasteiger partial charge in [0.2, 0.25) is 5.91 Å². The molecule has 0 radical (unpaired) electrons.